The lowest BCUT2D eigenvalue weighted by Gasteiger charge is -2.30. The summed E-state index contributed by atoms with van der Waals surface area (Å²) in [5.74, 6) is -0.127. The molecule has 2 atom stereocenters. The van der Waals surface area contributed by atoms with Gasteiger partial charge in [-0.15, -0.1) is 0 Å². The number of carbonyl (C=O) groups excluding carboxylic acids is 1. The highest BCUT2D eigenvalue weighted by molar-refractivity contribution is 5.94. The maximum absolute atomic E-state index is 12.1. The lowest BCUT2D eigenvalue weighted by Crippen LogP contribution is -2.48. The van der Waals surface area contributed by atoms with Gasteiger partial charge in [-0.2, -0.15) is 13.2 Å². The van der Waals surface area contributed by atoms with E-state index in [1.165, 1.54) is 18.3 Å². The Labute approximate surface area is 126 Å². The highest BCUT2D eigenvalue weighted by Crippen LogP contribution is 2.17. The Hall–Kier alpha value is -1.83. The van der Waals surface area contributed by atoms with Gasteiger partial charge >= 0.3 is 6.18 Å². The number of carbonyl (C=O) groups is 1. The predicted molar refractivity (Wildman–Crippen MR) is 73.7 cm³/mol. The van der Waals surface area contributed by atoms with Gasteiger partial charge in [0.15, 0.2) is 6.61 Å². The monoisotopic (exact) mass is 317 g/mol. The molecule has 8 heteroatoms. The summed E-state index contributed by atoms with van der Waals surface area (Å²) >= 11 is 0. The fourth-order valence-corrected chi connectivity index (χ4v) is 2.24. The fourth-order valence-electron chi connectivity index (χ4n) is 2.24. The molecule has 0 aromatic carbocycles. The number of hydrogen-bond acceptors (Lipinski definition) is 4. The lowest BCUT2D eigenvalue weighted by molar-refractivity contribution is -0.154. The Morgan fingerprint density at radius 2 is 2.27 bits per heavy atom. The number of rotatable bonds is 4. The van der Waals surface area contributed by atoms with Gasteiger partial charge in [0, 0.05) is 18.3 Å². The number of hydrogen-bond donors (Lipinski definition) is 2. The molecule has 0 bridgehead atoms. The maximum Gasteiger partial charge on any atom is 0.422 e. The van der Waals surface area contributed by atoms with Crippen LogP contribution in [-0.2, 0) is 0 Å². The SMILES string of the molecule is CC1CNCCC1NC(=O)c1ccc(OCC(F)(F)F)nc1. The number of nitrogens with zero attached hydrogens (tertiary/aromatic N) is 1. The molecule has 1 fully saturated rings. The summed E-state index contributed by atoms with van der Waals surface area (Å²) in [6, 6.07) is 2.74. The number of ether oxygens (including phenoxy) is 1. The van der Waals surface area contributed by atoms with Crippen molar-refractivity contribution in [2.45, 2.75) is 25.6 Å². The van der Waals surface area contributed by atoms with Gasteiger partial charge in [-0.25, -0.2) is 4.98 Å². The summed E-state index contributed by atoms with van der Waals surface area (Å²) in [4.78, 5) is 15.8. The molecular weight excluding hydrogens is 299 g/mol. The summed E-state index contributed by atoms with van der Waals surface area (Å²) in [6.07, 6.45) is -2.36. The summed E-state index contributed by atoms with van der Waals surface area (Å²) in [5.41, 5.74) is 0.296. The van der Waals surface area contributed by atoms with E-state index in [4.69, 9.17) is 0 Å². The smallest absolute Gasteiger partial charge is 0.422 e. The molecule has 5 nitrogen and oxygen atoms in total. The minimum Gasteiger partial charge on any atom is -0.468 e. The normalized spacial score (nSPS) is 22.2. The molecule has 2 rings (SSSR count). The molecule has 2 heterocycles. The largest absolute Gasteiger partial charge is 0.468 e. The molecule has 1 aromatic rings. The average molecular weight is 317 g/mol. The van der Waals surface area contributed by atoms with Crippen molar-refractivity contribution in [2.75, 3.05) is 19.7 Å². The van der Waals surface area contributed by atoms with Crippen LogP contribution in [-0.4, -0.2) is 42.8 Å². The molecule has 1 saturated heterocycles. The van der Waals surface area contributed by atoms with Crippen LogP contribution in [0, 0.1) is 5.92 Å². The van der Waals surface area contributed by atoms with Crippen LogP contribution in [0.1, 0.15) is 23.7 Å². The van der Waals surface area contributed by atoms with E-state index in [2.05, 4.69) is 20.4 Å². The summed E-state index contributed by atoms with van der Waals surface area (Å²) in [7, 11) is 0. The quantitative estimate of drug-likeness (QED) is 0.888. The van der Waals surface area contributed by atoms with E-state index in [0.717, 1.165) is 19.5 Å². The molecule has 22 heavy (non-hydrogen) atoms. The fraction of sp³-hybridized carbons (Fsp3) is 0.571. The number of pyridine rings is 1. The van der Waals surface area contributed by atoms with E-state index in [0.29, 0.717) is 11.5 Å². The van der Waals surface area contributed by atoms with Gasteiger partial charge in [0.05, 0.1) is 5.56 Å². The van der Waals surface area contributed by atoms with Crippen LogP contribution in [0.4, 0.5) is 13.2 Å². The van der Waals surface area contributed by atoms with Crippen molar-refractivity contribution >= 4 is 5.91 Å². The second kappa shape index (κ2) is 6.95. The first-order valence-corrected chi connectivity index (χ1v) is 7.02. The van der Waals surface area contributed by atoms with Crippen LogP contribution >= 0.6 is 0 Å². The topological polar surface area (TPSA) is 63.2 Å². The predicted octanol–water partition coefficient (Wildman–Crippen LogP) is 1.75. The molecule has 0 spiro atoms. The molecule has 0 saturated carbocycles. The number of aromatic nitrogens is 1. The molecule has 1 aromatic heterocycles. The Morgan fingerprint density at radius 3 is 2.86 bits per heavy atom. The van der Waals surface area contributed by atoms with Crippen LogP contribution in [0.2, 0.25) is 0 Å². The minimum atomic E-state index is -4.41. The second-order valence-corrected chi connectivity index (χ2v) is 5.34. The molecule has 0 radical (unpaired) electrons. The van der Waals surface area contributed by atoms with Gasteiger partial charge in [-0.3, -0.25) is 4.79 Å². The lowest BCUT2D eigenvalue weighted by atomic mass is 9.95. The number of alkyl halides is 3. The second-order valence-electron chi connectivity index (χ2n) is 5.34. The van der Waals surface area contributed by atoms with Gasteiger partial charge in [0.2, 0.25) is 5.88 Å². The van der Waals surface area contributed by atoms with Crippen molar-refractivity contribution in [1.29, 1.82) is 0 Å². The van der Waals surface area contributed by atoms with E-state index < -0.39 is 12.8 Å². The molecule has 1 aliphatic heterocycles. The molecule has 1 aliphatic rings. The van der Waals surface area contributed by atoms with Crippen LogP contribution in [0.5, 0.6) is 5.88 Å². The van der Waals surface area contributed by atoms with Gasteiger partial charge in [-0.1, -0.05) is 6.92 Å². The molecule has 0 aliphatic carbocycles. The van der Waals surface area contributed by atoms with Crippen molar-refractivity contribution in [3.05, 3.63) is 23.9 Å². The third kappa shape index (κ3) is 4.87. The van der Waals surface area contributed by atoms with Crippen molar-refractivity contribution < 1.29 is 22.7 Å². The number of halogens is 3. The highest BCUT2D eigenvalue weighted by atomic mass is 19.4. The Bertz CT molecular complexity index is 505. The van der Waals surface area contributed by atoms with Gasteiger partial charge in [0.1, 0.15) is 0 Å². The minimum absolute atomic E-state index is 0.0786. The zero-order valence-electron chi connectivity index (χ0n) is 12.1. The van der Waals surface area contributed by atoms with E-state index in [1.54, 1.807) is 0 Å². The summed E-state index contributed by atoms with van der Waals surface area (Å²) in [5, 5.41) is 6.16. The Kier molecular flexibility index (Phi) is 5.23. The average Bonchev–Trinajstić information content (AvgIpc) is 2.47. The van der Waals surface area contributed by atoms with E-state index in [9.17, 15) is 18.0 Å². The Morgan fingerprint density at radius 1 is 1.50 bits per heavy atom. The van der Waals surface area contributed by atoms with Gasteiger partial charge < -0.3 is 15.4 Å². The highest BCUT2D eigenvalue weighted by Gasteiger charge is 2.28. The number of nitrogens with one attached hydrogen (secondary N) is 2. The van der Waals surface area contributed by atoms with E-state index >= 15 is 0 Å². The maximum atomic E-state index is 12.1. The third-order valence-electron chi connectivity index (χ3n) is 3.48. The Balaban J connectivity index is 1.90. The standard InChI is InChI=1S/C14H18F3N3O2/c1-9-6-18-5-4-11(9)20-13(21)10-2-3-12(19-7-10)22-8-14(15,16)17/h2-3,7,9,11,18H,4-6,8H2,1H3,(H,20,21). The first-order chi connectivity index (χ1) is 10.3. The molecule has 2 unspecified atom stereocenters. The van der Waals surface area contributed by atoms with Crippen molar-refractivity contribution in [3.8, 4) is 5.88 Å². The zero-order valence-corrected chi connectivity index (χ0v) is 12.1. The number of piperidine rings is 1. The van der Waals surface area contributed by atoms with Crippen LogP contribution in [0.3, 0.4) is 0 Å². The van der Waals surface area contributed by atoms with Crippen molar-refractivity contribution in [2.24, 2.45) is 5.92 Å². The zero-order chi connectivity index (χ0) is 16.2. The third-order valence-corrected chi connectivity index (χ3v) is 3.48. The van der Waals surface area contributed by atoms with Crippen molar-refractivity contribution in [1.82, 2.24) is 15.6 Å². The first kappa shape index (κ1) is 16.5. The van der Waals surface area contributed by atoms with Gasteiger partial charge in [-0.05, 0) is 31.5 Å². The summed E-state index contributed by atoms with van der Waals surface area (Å²) < 4.78 is 40.6. The first-order valence-electron chi connectivity index (χ1n) is 7.02. The van der Waals surface area contributed by atoms with E-state index in [1.807, 2.05) is 6.92 Å². The van der Waals surface area contributed by atoms with E-state index in [-0.39, 0.29) is 17.8 Å². The molecule has 122 valence electrons. The molecule has 1 amide bonds. The molecular formula is C14H18F3N3O2. The van der Waals surface area contributed by atoms with Crippen LogP contribution in [0.25, 0.3) is 0 Å². The van der Waals surface area contributed by atoms with Crippen molar-refractivity contribution in [3.63, 3.8) is 0 Å². The van der Waals surface area contributed by atoms with Gasteiger partial charge in [0.25, 0.3) is 5.91 Å². The molecule has 2 N–H and O–H groups in total. The van der Waals surface area contributed by atoms with Crippen LogP contribution in [0.15, 0.2) is 18.3 Å². The summed E-state index contributed by atoms with van der Waals surface area (Å²) in [6.45, 7) is 2.33. The number of amides is 1. The van der Waals surface area contributed by atoms with Crippen LogP contribution < -0.4 is 15.4 Å².